The molecule has 112 valence electrons. The molecule has 0 bridgehead atoms. The smallest absolute Gasteiger partial charge is 0.265 e. The number of carbonyl (C=O) groups excluding carboxylic acids is 2. The van der Waals surface area contributed by atoms with Crippen molar-refractivity contribution < 1.29 is 14.3 Å². The van der Waals surface area contributed by atoms with Gasteiger partial charge in [0.2, 0.25) is 5.91 Å². The summed E-state index contributed by atoms with van der Waals surface area (Å²) in [6.07, 6.45) is 0. The largest absolute Gasteiger partial charge is 0.482 e. The quantitative estimate of drug-likeness (QED) is 0.915. The van der Waals surface area contributed by atoms with Crippen LogP contribution in [0.5, 0.6) is 5.75 Å². The van der Waals surface area contributed by atoms with Gasteiger partial charge in [-0.15, -0.1) is 0 Å². The molecular formula is C16H13BrN2O3. The maximum atomic E-state index is 12.2. The van der Waals surface area contributed by atoms with E-state index in [1.165, 1.54) is 4.90 Å². The van der Waals surface area contributed by atoms with Gasteiger partial charge in [0.1, 0.15) is 12.3 Å². The van der Waals surface area contributed by atoms with Gasteiger partial charge in [-0.25, -0.2) is 0 Å². The first-order valence-electron chi connectivity index (χ1n) is 6.71. The fourth-order valence-electron chi connectivity index (χ4n) is 2.24. The maximum absolute atomic E-state index is 12.2. The SMILES string of the molecule is O=C(CN1C(=O)COc2ccccc21)Nc1cccc(Br)c1. The van der Waals surface area contributed by atoms with Gasteiger partial charge in [-0.1, -0.05) is 34.1 Å². The number of ether oxygens (including phenoxy) is 1. The van der Waals surface area contributed by atoms with Crippen molar-refractivity contribution in [3.63, 3.8) is 0 Å². The Kier molecular flexibility index (Phi) is 4.11. The van der Waals surface area contributed by atoms with Crippen molar-refractivity contribution in [2.45, 2.75) is 0 Å². The Morgan fingerprint density at radius 2 is 2.05 bits per heavy atom. The molecule has 1 aliphatic heterocycles. The fraction of sp³-hybridized carbons (Fsp3) is 0.125. The fourth-order valence-corrected chi connectivity index (χ4v) is 2.64. The molecule has 6 heteroatoms. The van der Waals surface area contributed by atoms with Crippen LogP contribution in [0.4, 0.5) is 11.4 Å². The lowest BCUT2D eigenvalue weighted by atomic mass is 10.2. The van der Waals surface area contributed by atoms with Crippen LogP contribution in [0.3, 0.4) is 0 Å². The molecule has 22 heavy (non-hydrogen) atoms. The van der Waals surface area contributed by atoms with E-state index in [0.717, 1.165) is 4.47 Å². The lowest BCUT2D eigenvalue weighted by Crippen LogP contribution is -2.43. The zero-order valence-corrected chi connectivity index (χ0v) is 13.2. The summed E-state index contributed by atoms with van der Waals surface area (Å²) in [7, 11) is 0. The van der Waals surface area contributed by atoms with Gasteiger partial charge in [0.15, 0.2) is 6.61 Å². The summed E-state index contributed by atoms with van der Waals surface area (Å²) in [5.41, 5.74) is 1.29. The monoisotopic (exact) mass is 360 g/mol. The van der Waals surface area contributed by atoms with Crippen molar-refractivity contribution in [2.24, 2.45) is 0 Å². The highest BCUT2D eigenvalue weighted by atomic mass is 79.9. The number of halogens is 1. The summed E-state index contributed by atoms with van der Waals surface area (Å²) in [6, 6.07) is 14.5. The van der Waals surface area contributed by atoms with Crippen molar-refractivity contribution in [3.05, 3.63) is 53.0 Å². The predicted octanol–water partition coefficient (Wildman–Crippen LogP) is 2.81. The molecule has 0 spiro atoms. The minimum atomic E-state index is -0.261. The molecule has 2 amide bonds. The van der Waals surface area contributed by atoms with Crippen molar-refractivity contribution in [1.82, 2.24) is 0 Å². The molecule has 1 N–H and O–H groups in total. The number of hydrogen-bond acceptors (Lipinski definition) is 3. The van der Waals surface area contributed by atoms with Gasteiger partial charge in [0, 0.05) is 10.2 Å². The minimum absolute atomic E-state index is 0.0499. The highest BCUT2D eigenvalue weighted by molar-refractivity contribution is 9.10. The number of amides is 2. The Hall–Kier alpha value is -2.34. The molecule has 0 saturated heterocycles. The van der Waals surface area contributed by atoms with Crippen LogP contribution in [0.25, 0.3) is 0 Å². The Morgan fingerprint density at radius 3 is 2.86 bits per heavy atom. The first kappa shape index (κ1) is 14.6. The van der Waals surface area contributed by atoms with Crippen molar-refractivity contribution in [2.75, 3.05) is 23.4 Å². The number of nitrogens with one attached hydrogen (secondary N) is 1. The summed E-state index contributed by atoms with van der Waals surface area (Å²) < 4.78 is 6.23. The number of nitrogens with zero attached hydrogens (tertiary/aromatic N) is 1. The van der Waals surface area contributed by atoms with Gasteiger partial charge in [0.05, 0.1) is 5.69 Å². The van der Waals surface area contributed by atoms with Gasteiger partial charge in [-0.3, -0.25) is 14.5 Å². The molecule has 0 radical (unpaired) electrons. The molecule has 0 unspecified atom stereocenters. The van der Waals surface area contributed by atoms with E-state index in [4.69, 9.17) is 4.74 Å². The average molecular weight is 361 g/mol. The number of benzene rings is 2. The molecule has 5 nitrogen and oxygen atoms in total. The van der Waals surface area contributed by atoms with E-state index >= 15 is 0 Å². The third kappa shape index (κ3) is 3.12. The Morgan fingerprint density at radius 1 is 1.23 bits per heavy atom. The van der Waals surface area contributed by atoms with Crippen LogP contribution in [0.15, 0.2) is 53.0 Å². The van der Waals surface area contributed by atoms with Crippen molar-refractivity contribution >= 4 is 39.1 Å². The molecule has 3 rings (SSSR count). The number of carbonyl (C=O) groups is 2. The molecule has 0 fully saturated rings. The van der Waals surface area contributed by atoms with Crippen LogP contribution >= 0.6 is 15.9 Å². The summed E-state index contributed by atoms with van der Waals surface area (Å²) in [4.78, 5) is 25.6. The second kappa shape index (κ2) is 6.19. The Balaban J connectivity index is 1.75. The minimum Gasteiger partial charge on any atom is -0.482 e. The highest BCUT2D eigenvalue weighted by Crippen LogP contribution is 2.31. The molecule has 0 aromatic heterocycles. The van der Waals surface area contributed by atoms with E-state index in [1.807, 2.05) is 18.2 Å². The van der Waals surface area contributed by atoms with Gasteiger partial charge in [-0.2, -0.15) is 0 Å². The van der Waals surface area contributed by atoms with Crippen LogP contribution in [-0.2, 0) is 9.59 Å². The second-order valence-electron chi connectivity index (χ2n) is 4.79. The third-order valence-corrected chi connectivity index (χ3v) is 3.71. The molecule has 0 atom stereocenters. The molecular weight excluding hydrogens is 348 g/mol. The van der Waals surface area contributed by atoms with Crippen LogP contribution in [0.2, 0.25) is 0 Å². The van der Waals surface area contributed by atoms with Gasteiger partial charge >= 0.3 is 0 Å². The summed E-state index contributed by atoms with van der Waals surface area (Å²) in [5.74, 6) is 0.114. The average Bonchev–Trinajstić information content (AvgIpc) is 2.50. The van der Waals surface area contributed by atoms with Gasteiger partial charge in [-0.05, 0) is 30.3 Å². The highest BCUT2D eigenvalue weighted by Gasteiger charge is 2.26. The first-order valence-corrected chi connectivity index (χ1v) is 7.50. The Labute approximate surface area is 136 Å². The lowest BCUT2D eigenvalue weighted by molar-refractivity contribution is -0.123. The number of hydrogen-bond donors (Lipinski definition) is 1. The van der Waals surface area contributed by atoms with Crippen LogP contribution in [-0.4, -0.2) is 25.0 Å². The summed E-state index contributed by atoms with van der Waals surface area (Å²) in [5, 5.41) is 2.78. The third-order valence-electron chi connectivity index (χ3n) is 3.22. The van der Waals surface area contributed by atoms with Gasteiger partial charge < -0.3 is 10.1 Å². The normalized spacial score (nSPS) is 13.3. The second-order valence-corrected chi connectivity index (χ2v) is 5.71. The standard InChI is InChI=1S/C16H13BrN2O3/c17-11-4-3-5-12(8-11)18-15(20)9-19-13-6-1-2-7-14(13)22-10-16(19)21/h1-8H,9-10H2,(H,18,20). The van der Waals surface area contributed by atoms with E-state index in [2.05, 4.69) is 21.2 Å². The summed E-state index contributed by atoms with van der Waals surface area (Å²) in [6.45, 7) is -0.104. The van der Waals surface area contributed by atoms with E-state index < -0.39 is 0 Å². The van der Waals surface area contributed by atoms with E-state index in [9.17, 15) is 9.59 Å². The van der Waals surface area contributed by atoms with Crippen molar-refractivity contribution in [3.8, 4) is 5.75 Å². The maximum Gasteiger partial charge on any atom is 0.265 e. The molecule has 1 aliphatic rings. The summed E-state index contributed by atoms with van der Waals surface area (Å²) >= 11 is 3.35. The number of fused-ring (bicyclic) bond motifs is 1. The zero-order valence-electron chi connectivity index (χ0n) is 11.6. The van der Waals surface area contributed by atoms with Gasteiger partial charge in [0.25, 0.3) is 5.91 Å². The molecule has 2 aromatic rings. The van der Waals surface area contributed by atoms with E-state index in [0.29, 0.717) is 17.1 Å². The predicted molar refractivity (Wildman–Crippen MR) is 87.1 cm³/mol. The number of anilines is 2. The van der Waals surface area contributed by atoms with Crippen LogP contribution in [0.1, 0.15) is 0 Å². The lowest BCUT2D eigenvalue weighted by Gasteiger charge is -2.28. The van der Waals surface area contributed by atoms with E-state index in [1.54, 1.807) is 30.3 Å². The first-order chi connectivity index (χ1) is 10.6. The topological polar surface area (TPSA) is 58.6 Å². The van der Waals surface area contributed by atoms with Crippen molar-refractivity contribution in [1.29, 1.82) is 0 Å². The Bertz CT molecular complexity index is 733. The van der Waals surface area contributed by atoms with Crippen LogP contribution in [0, 0.1) is 0 Å². The number of para-hydroxylation sites is 2. The van der Waals surface area contributed by atoms with E-state index in [-0.39, 0.29) is 25.0 Å². The molecule has 0 saturated carbocycles. The van der Waals surface area contributed by atoms with Crippen LogP contribution < -0.4 is 15.0 Å². The molecule has 2 aromatic carbocycles. The molecule has 0 aliphatic carbocycles. The zero-order chi connectivity index (χ0) is 15.5. The molecule has 1 heterocycles. The number of rotatable bonds is 3.